The molecule has 1 aromatic carbocycles. The Balaban J connectivity index is 1.50. The van der Waals surface area contributed by atoms with Crippen molar-refractivity contribution in [3.63, 3.8) is 0 Å². The van der Waals surface area contributed by atoms with Crippen molar-refractivity contribution in [3.05, 3.63) is 35.4 Å². The number of fused-ring (bicyclic) bond motifs is 1. The molecule has 3 rings (SSSR count). The van der Waals surface area contributed by atoms with Crippen LogP contribution in [0.4, 0.5) is 0 Å². The second-order valence-electron chi connectivity index (χ2n) is 7.08. The van der Waals surface area contributed by atoms with Gasteiger partial charge < -0.3 is 14.7 Å². The number of nitrogens with one attached hydrogen (secondary N) is 1. The molecule has 1 fully saturated rings. The Morgan fingerprint density at radius 3 is 2.95 bits per heavy atom. The van der Waals surface area contributed by atoms with Crippen LogP contribution in [0, 0.1) is 0 Å². The van der Waals surface area contributed by atoms with E-state index in [-0.39, 0.29) is 12.2 Å². The van der Waals surface area contributed by atoms with Crippen LogP contribution in [0.25, 0.3) is 0 Å². The quantitative estimate of drug-likeness (QED) is 0.871. The maximum Gasteiger partial charge on any atom is 0.126 e. The van der Waals surface area contributed by atoms with E-state index in [9.17, 15) is 5.11 Å². The first-order chi connectivity index (χ1) is 10.7. The number of rotatable bonds is 5. The number of aliphatic hydroxyl groups excluding tert-OH is 1. The summed E-state index contributed by atoms with van der Waals surface area (Å²) >= 11 is 0. The molecule has 2 aliphatic rings. The lowest BCUT2D eigenvalue weighted by atomic mass is 9.89. The smallest absolute Gasteiger partial charge is 0.126 e. The maximum absolute atomic E-state index is 10.4. The predicted octanol–water partition coefficient (Wildman–Crippen LogP) is 1.90. The van der Waals surface area contributed by atoms with E-state index >= 15 is 0 Å². The van der Waals surface area contributed by atoms with Crippen molar-refractivity contribution < 1.29 is 14.7 Å². The first kappa shape index (κ1) is 16.0. The molecule has 0 saturated carbocycles. The number of aryl methyl sites for hydroxylation is 1. The van der Waals surface area contributed by atoms with Crippen LogP contribution in [0.5, 0.6) is 0 Å². The van der Waals surface area contributed by atoms with Gasteiger partial charge in [0.1, 0.15) is 12.6 Å². The van der Waals surface area contributed by atoms with Crippen molar-refractivity contribution in [3.8, 4) is 0 Å². The van der Waals surface area contributed by atoms with Crippen LogP contribution < -0.4 is 4.90 Å². The van der Waals surface area contributed by atoms with Crippen LogP contribution in [0.3, 0.4) is 0 Å². The van der Waals surface area contributed by atoms with E-state index in [0.717, 1.165) is 19.4 Å². The zero-order chi connectivity index (χ0) is 15.4. The lowest BCUT2D eigenvalue weighted by molar-refractivity contribution is -0.931. The normalized spacial score (nSPS) is 29.8. The highest BCUT2D eigenvalue weighted by molar-refractivity contribution is 5.31. The number of hydrogen-bond acceptors (Lipinski definition) is 2. The number of hydrogen-bond donors (Lipinski definition) is 2. The molecule has 122 valence electrons. The third kappa shape index (κ3) is 3.89. The fraction of sp³-hybridized carbons (Fsp3) is 0.684. The molecule has 1 saturated heterocycles. The maximum atomic E-state index is 10.4. The molecule has 2 N–H and O–H groups in total. The summed E-state index contributed by atoms with van der Waals surface area (Å²) in [6.45, 7) is 4.80. The second-order valence-corrected chi connectivity index (χ2v) is 7.08. The van der Waals surface area contributed by atoms with Gasteiger partial charge in [0.25, 0.3) is 0 Å². The highest BCUT2D eigenvalue weighted by Gasteiger charge is 2.26. The molecule has 0 spiro atoms. The van der Waals surface area contributed by atoms with Crippen LogP contribution in [0.15, 0.2) is 24.3 Å². The van der Waals surface area contributed by atoms with Gasteiger partial charge in [-0.2, -0.15) is 0 Å². The van der Waals surface area contributed by atoms with E-state index in [1.165, 1.54) is 43.4 Å². The molecule has 0 amide bonds. The number of likely N-dealkylation sites (tertiary alicyclic amines) is 1. The van der Waals surface area contributed by atoms with Crippen LogP contribution in [-0.4, -0.2) is 36.9 Å². The molecule has 1 aromatic rings. The predicted molar refractivity (Wildman–Crippen MR) is 88.1 cm³/mol. The van der Waals surface area contributed by atoms with E-state index in [1.54, 1.807) is 4.90 Å². The summed E-state index contributed by atoms with van der Waals surface area (Å²) in [6.07, 6.45) is 7.19. The van der Waals surface area contributed by atoms with Crippen LogP contribution in [0.2, 0.25) is 0 Å². The fourth-order valence-electron chi connectivity index (χ4n) is 4.03. The van der Waals surface area contributed by atoms with Gasteiger partial charge in [-0.3, -0.25) is 0 Å². The number of benzene rings is 1. The lowest BCUT2D eigenvalue weighted by Gasteiger charge is -2.32. The SMILES string of the molecule is C[C@H]1CCCC[NH+]1C[C@H](O)CO[C@@H]1CCCc2ccccc21. The lowest BCUT2D eigenvalue weighted by Crippen LogP contribution is -3.17. The summed E-state index contributed by atoms with van der Waals surface area (Å²) in [7, 11) is 0. The zero-order valence-electron chi connectivity index (χ0n) is 13.8. The fourth-order valence-corrected chi connectivity index (χ4v) is 4.03. The van der Waals surface area contributed by atoms with Gasteiger partial charge in [0, 0.05) is 0 Å². The zero-order valence-corrected chi connectivity index (χ0v) is 13.8. The molecule has 0 aromatic heterocycles. The second kappa shape index (κ2) is 7.58. The third-order valence-electron chi connectivity index (χ3n) is 5.38. The number of quaternary nitrogens is 1. The van der Waals surface area contributed by atoms with Crippen LogP contribution >= 0.6 is 0 Å². The minimum absolute atomic E-state index is 0.174. The van der Waals surface area contributed by atoms with Gasteiger partial charge in [0.15, 0.2) is 0 Å². The highest BCUT2D eigenvalue weighted by Crippen LogP contribution is 2.32. The molecule has 3 nitrogen and oxygen atoms in total. The summed E-state index contributed by atoms with van der Waals surface area (Å²) in [6, 6.07) is 9.27. The van der Waals surface area contributed by atoms with Gasteiger partial charge in [-0.15, -0.1) is 0 Å². The van der Waals surface area contributed by atoms with E-state index in [4.69, 9.17) is 4.74 Å². The van der Waals surface area contributed by atoms with E-state index in [0.29, 0.717) is 12.6 Å². The molecule has 4 atom stereocenters. The summed E-state index contributed by atoms with van der Waals surface area (Å²) < 4.78 is 6.08. The molecule has 0 radical (unpaired) electrons. The van der Waals surface area contributed by atoms with Crippen molar-refractivity contribution >= 4 is 0 Å². The molecular formula is C19H30NO2+. The summed E-state index contributed by atoms with van der Waals surface area (Å²) in [5, 5.41) is 10.4. The standard InChI is InChI=1S/C19H29NO2/c1-15-7-4-5-12-20(15)13-17(21)14-22-19-11-6-9-16-8-2-3-10-18(16)19/h2-3,8,10,15,17,19,21H,4-7,9,11-14H2,1H3/p+1/t15-,17-,19+/m0/s1. The van der Waals surface area contributed by atoms with Crippen molar-refractivity contribution in [2.24, 2.45) is 0 Å². The number of ether oxygens (including phenoxy) is 1. The average molecular weight is 304 g/mol. The molecule has 1 aliphatic heterocycles. The molecular weight excluding hydrogens is 274 g/mol. The van der Waals surface area contributed by atoms with Gasteiger partial charge in [0.2, 0.25) is 0 Å². The van der Waals surface area contributed by atoms with Gasteiger partial charge in [-0.25, -0.2) is 0 Å². The van der Waals surface area contributed by atoms with Crippen LogP contribution in [0.1, 0.15) is 56.3 Å². The minimum atomic E-state index is -0.343. The van der Waals surface area contributed by atoms with E-state index < -0.39 is 0 Å². The highest BCUT2D eigenvalue weighted by atomic mass is 16.5. The molecule has 3 heteroatoms. The number of aliphatic hydroxyl groups is 1. The largest absolute Gasteiger partial charge is 0.385 e. The summed E-state index contributed by atoms with van der Waals surface area (Å²) in [5.74, 6) is 0. The topological polar surface area (TPSA) is 33.9 Å². The summed E-state index contributed by atoms with van der Waals surface area (Å²) in [4.78, 5) is 1.55. The van der Waals surface area contributed by atoms with Gasteiger partial charge in [-0.1, -0.05) is 24.3 Å². The van der Waals surface area contributed by atoms with E-state index in [1.807, 2.05) is 0 Å². The number of piperidine rings is 1. The Bertz CT molecular complexity index is 476. The third-order valence-corrected chi connectivity index (χ3v) is 5.38. The van der Waals surface area contributed by atoms with Gasteiger partial charge >= 0.3 is 0 Å². The Kier molecular flexibility index (Phi) is 5.51. The van der Waals surface area contributed by atoms with Crippen molar-refractivity contribution in [1.29, 1.82) is 0 Å². The van der Waals surface area contributed by atoms with Crippen LogP contribution in [-0.2, 0) is 11.2 Å². The Hall–Kier alpha value is -0.900. The van der Waals surface area contributed by atoms with Gasteiger partial charge in [0.05, 0.1) is 25.3 Å². The molecule has 1 aliphatic carbocycles. The van der Waals surface area contributed by atoms with Gasteiger partial charge in [-0.05, 0) is 56.6 Å². The Morgan fingerprint density at radius 2 is 2.09 bits per heavy atom. The molecule has 0 bridgehead atoms. The Morgan fingerprint density at radius 1 is 1.23 bits per heavy atom. The Labute approximate surface area is 134 Å². The first-order valence-electron chi connectivity index (χ1n) is 8.96. The molecule has 1 heterocycles. The first-order valence-corrected chi connectivity index (χ1v) is 8.96. The van der Waals surface area contributed by atoms with Crippen molar-refractivity contribution in [2.45, 2.75) is 63.7 Å². The minimum Gasteiger partial charge on any atom is -0.385 e. The van der Waals surface area contributed by atoms with E-state index in [2.05, 4.69) is 31.2 Å². The molecule has 22 heavy (non-hydrogen) atoms. The monoisotopic (exact) mass is 304 g/mol. The van der Waals surface area contributed by atoms with Crippen molar-refractivity contribution in [1.82, 2.24) is 0 Å². The summed E-state index contributed by atoms with van der Waals surface area (Å²) in [5.41, 5.74) is 2.75. The van der Waals surface area contributed by atoms with Crippen molar-refractivity contribution in [2.75, 3.05) is 19.7 Å². The molecule has 1 unspecified atom stereocenters. The average Bonchev–Trinajstić information content (AvgIpc) is 2.55.